The number of likely N-dealkylation sites (tertiary alicyclic amines) is 3. The van der Waals surface area contributed by atoms with Crippen LogP contribution in [0.1, 0.15) is 92.1 Å². The quantitative estimate of drug-likeness (QED) is 0.159. The predicted molar refractivity (Wildman–Crippen MR) is 210 cm³/mol. The number of aromatic nitrogens is 4. The summed E-state index contributed by atoms with van der Waals surface area (Å²) in [6, 6.07) is 1.86. The lowest BCUT2D eigenvalue weighted by Crippen LogP contribution is -2.49. The average Bonchev–Trinajstić information content (AvgIpc) is 3.84. The van der Waals surface area contributed by atoms with Crippen LogP contribution in [-0.2, 0) is 27.7 Å². The van der Waals surface area contributed by atoms with Gasteiger partial charge in [0.05, 0.1) is 12.4 Å². The summed E-state index contributed by atoms with van der Waals surface area (Å²) in [6.45, 7) is 24.9. The van der Waals surface area contributed by atoms with Crippen molar-refractivity contribution in [2.45, 2.75) is 136 Å². The molecule has 5 heterocycles. The summed E-state index contributed by atoms with van der Waals surface area (Å²) >= 11 is 0. The monoisotopic (exact) mass is 771 g/mol. The number of hydrogen-bond donors (Lipinski definition) is 0. The molecule has 3 fully saturated rings. The van der Waals surface area contributed by atoms with Gasteiger partial charge in [-0.15, -0.1) is 0 Å². The fourth-order valence-corrected chi connectivity index (χ4v) is 8.81. The van der Waals surface area contributed by atoms with Gasteiger partial charge in [0.25, 0.3) is 11.8 Å². The smallest absolute Gasteiger partial charge is 0.410 e. The van der Waals surface area contributed by atoms with Crippen molar-refractivity contribution in [3.63, 3.8) is 0 Å². The largest absolute Gasteiger partial charge is 0.444 e. The lowest BCUT2D eigenvalue weighted by atomic mass is 9.71. The van der Waals surface area contributed by atoms with Gasteiger partial charge < -0.3 is 33.1 Å². The van der Waals surface area contributed by atoms with Crippen molar-refractivity contribution < 1.29 is 28.6 Å². The summed E-state index contributed by atoms with van der Waals surface area (Å²) in [4.78, 5) is 55.4. The highest BCUT2D eigenvalue weighted by atomic mass is 28.3. The first-order valence-electron chi connectivity index (χ1n) is 19.6. The Hall–Kier alpha value is -3.02. The van der Waals surface area contributed by atoms with Crippen LogP contribution >= 0.6 is 0 Å². The Morgan fingerprint density at radius 2 is 1.34 bits per heavy atom. The first kappa shape index (κ1) is 41.2. The topological polar surface area (TPSA) is 124 Å². The van der Waals surface area contributed by atoms with E-state index in [1.165, 1.54) is 0 Å². The van der Waals surface area contributed by atoms with E-state index in [9.17, 15) is 14.4 Å². The van der Waals surface area contributed by atoms with E-state index >= 15 is 0 Å². The average molecular weight is 772 g/mol. The molecule has 0 saturated carbocycles. The van der Waals surface area contributed by atoms with Gasteiger partial charge in [-0.3, -0.25) is 14.5 Å². The number of imidazole rings is 2. The van der Waals surface area contributed by atoms with Crippen molar-refractivity contribution in [3.05, 3.63) is 35.9 Å². The molecule has 2 aromatic rings. The number of carbonyl (C=O) groups is 3. The summed E-state index contributed by atoms with van der Waals surface area (Å²) in [5, 5.41) is 0. The Bertz CT molecular complexity index is 1560. The third-order valence-corrected chi connectivity index (χ3v) is 14.2. The molecule has 3 amide bonds. The van der Waals surface area contributed by atoms with Crippen molar-refractivity contribution >= 4 is 34.1 Å². The van der Waals surface area contributed by atoms with Crippen LogP contribution in [0.4, 0.5) is 4.79 Å². The molecule has 1 atom stereocenters. The molecule has 0 radical (unpaired) electrons. The molecular formula is C38H65N7O6Si2. The molecule has 5 rings (SSSR count). The summed E-state index contributed by atoms with van der Waals surface area (Å²) in [7, 11) is -2.43. The molecular weight excluding hydrogens is 707 g/mol. The molecule has 13 nitrogen and oxygen atoms in total. The van der Waals surface area contributed by atoms with Gasteiger partial charge in [0.2, 0.25) is 0 Å². The zero-order valence-electron chi connectivity index (χ0n) is 33.9. The van der Waals surface area contributed by atoms with Crippen LogP contribution in [0.5, 0.6) is 0 Å². The van der Waals surface area contributed by atoms with Crippen LogP contribution in [-0.4, -0.2) is 119 Å². The van der Waals surface area contributed by atoms with Crippen molar-refractivity contribution in [2.24, 2.45) is 5.41 Å². The second-order valence-corrected chi connectivity index (χ2v) is 30.1. The number of rotatable bonds is 13. The van der Waals surface area contributed by atoms with Crippen LogP contribution in [0.3, 0.4) is 0 Å². The number of nitrogens with zero attached hydrogens (tertiary/aromatic N) is 7. The van der Waals surface area contributed by atoms with Gasteiger partial charge in [-0.25, -0.2) is 14.8 Å². The minimum atomic E-state index is -1.28. The minimum Gasteiger partial charge on any atom is -0.444 e. The molecule has 0 aromatic carbocycles. The van der Waals surface area contributed by atoms with E-state index in [0.717, 1.165) is 57.2 Å². The SMILES string of the molecule is CC(C)(C)OC(=O)N1CCCC1c1nc(C(=O)N2CCC3(CCN(C(=O)c4cn(COCC[Si](C)(C)C)cn4)CC3)CC2)cn1COCC[Si](C)(C)C. The van der Waals surface area contributed by atoms with Gasteiger partial charge in [-0.05, 0) is 76.8 Å². The van der Waals surface area contributed by atoms with Crippen molar-refractivity contribution in [1.29, 1.82) is 0 Å². The van der Waals surface area contributed by atoms with Gasteiger partial charge >= 0.3 is 6.09 Å². The Balaban J connectivity index is 1.17. The minimum absolute atomic E-state index is 0.0309. The van der Waals surface area contributed by atoms with Gasteiger partial charge in [0, 0.05) is 74.5 Å². The highest BCUT2D eigenvalue weighted by Crippen LogP contribution is 2.42. The van der Waals surface area contributed by atoms with Gasteiger partial charge in [0.15, 0.2) is 0 Å². The number of ether oxygens (including phenoxy) is 3. The van der Waals surface area contributed by atoms with Crippen molar-refractivity contribution in [3.8, 4) is 0 Å². The maximum absolute atomic E-state index is 14.0. The number of amides is 3. The lowest BCUT2D eigenvalue weighted by Gasteiger charge is -2.46. The standard InChI is InChI=1S/C38H65N7O6Si2/c1-37(2,3)51-36(48)45-16-10-11-32(45)33-40-31(26-44(33)29-50-22-24-53(7,8)9)35(47)43-19-14-38(15-20-43)12-17-42(18-13-38)34(46)30-25-41(27-39-30)28-49-21-23-52(4,5)6/h25-27,32H,10-24,28-29H2,1-9H3. The Morgan fingerprint density at radius 1 is 0.792 bits per heavy atom. The first-order chi connectivity index (χ1) is 24.8. The van der Waals surface area contributed by atoms with Crippen molar-refractivity contribution in [2.75, 3.05) is 45.9 Å². The fraction of sp³-hybridized carbons (Fsp3) is 0.763. The Labute approximate surface area is 318 Å². The van der Waals surface area contributed by atoms with Gasteiger partial charge in [-0.1, -0.05) is 39.3 Å². The molecule has 296 valence electrons. The molecule has 1 unspecified atom stereocenters. The summed E-state index contributed by atoms with van der Waals surface area (Å²) in [6.07, 6.45) is 10.1. The van der Waals surface area contributed by atoms with E-state index in [0.29, 0.717) is 63.3 Å². The van der Waals surface area contributed by atoms with E-state index in [-0.39, 0.29) is 36.1 Å². The molecule has 0 bridgehead atoms. The molecule has 53 heavy (non-hydrogen) atoms. The first-order valence-corrected chi connectivity index (χ1v) is 27.1. The Morgan fingerprint density at radius 3 is 1.89 bits per heavy atom. The third-order valence-electron chi connectivity index (χ3n) is 10.7. The molecule has 3 aliphatic heterocycles. The highest BCUT2D eigenvalue weighted by Gasteiger charge is 2.41. The Kier molecular flexibility index (Phi) is 13.0. The zero-order valence-corrected chi connectivity index (χ0v) is 35.9. The maximum Gasteiger partial charge on any atom is 0.410 e. The number of hydrogen-bond acceptors (Lipinski definition) is 8. The van der Waals surface area contributed by atoms with E-state index in [1.807, 2.05) is 45.9 Å². The van der Waals surface area contributed by atoms with Crippen LogP contribution in [0, 0.1) is 5.41 Å². The van der Waals surface area contributed by atoms with E-state index in [1.54, 1.807) is 17.4 Å². The zero-order chi connectivity index (χ0) is 38.6. The van der Waals surface area contributed by atoms with E-state index in [4.69, 9.17) is 19.2 Å². The van der Waals surface area contributed by atoms with Crippen LogP contribution in [0.2, 0.25) is 51.4 Å². The normalized spacial score (nSPS) is 19.6. The third kappa shape index (κ3) is 11.5. The fourth-order valence-electron chi connectivity index (χ4n) is 7.30. The molecule has 3 aliphatic rings. The van der Waals surface area contributed by atoms with Crippen LogP contribution in [0.15, 0.2) is 18.7 Å². The van der Waals surface area contributed by atoms with Crippen LogP contribution in [0.25, 0.3) is 0 Å². The summed E-state index contributed by atoms with van der Waals surface area (Å²) < 4.78 is 21.5. The van der Waals surface area contributed by atoms with E-state index < -0.39 is 21.7 Å². The molecule has 0 N–H and O–H groups in total. The molecule has 1 spiro atoms. The van der Waals surface area contributed by atoms with Gasteiger partial charge in [0.1, 0.15) is 36.3 Å². The van der Waals surface area contributed by atoms with Crippen LogP contribution < -0.4 is 0 Å². The number of piperidine rings is 2. The molecule has 15 heteroatoms. The summed E-state index contributed by atoms with van der Waals surface area (Å²) in [5.41, 5.74) is 0.359. The maximum atomic E-state index is 14.0. The second kappa shape index (κ2) is 16.8. The predicted octanol–water partition coefficient (Wildman–Crippen LogP) is 6.93. The lowest BCUT2D eigenvalue weighted by molar-refractivity contribution is 0.0203. The molecule has 0 aliphatic carbocycles. The van der Waals surface area contributed by atoms with Gasteiger partial charge in [-0.2, -0.15) is 0 Å². The van der Waals surface area contributed by atoms with E-state index in [2.05, 4.69) is 44.3 Å². The summed E-state index contributed by atoms with van der Waals surface area (Å²) in [5.74, 6) is 0.558. The van der Waals surface area contributed by atoms with Crippen molar-refractivity contribution in [1.82, 2.24) is 33.8 Å². The molecule has 2 aromatic heterocycles. The second-order valence-electron chi connectivity index (χ2n) is 18.8. The molecule has 3 saturated heterocycles. The number of carbonyl (C=O) groups excluding carboxylic acids is 3. The highest BCUT2D eigenvalue weighted by molar-refractivity contribution is 6.76.